The molecule has 0 aromatic carbocycles. The first-order valence-corrected chi connectivity index (χ1v) is 5.10. The molecule has 1 atom stereocenters. The fourth-order valence-corrected chi connectivity index (χ4v) is 1.84. The Morgan fingerprint density at radius 1 is 1.60 bits per heavy atom. The Bertz CT molecular complexity index is 337. The van der Waals surface area contributed by atoms with E-state index < -0.39 is 5.60 Å². The molecule has 6 heteroatoms. The molecule has 0 saturated carbocycles. The van der Waals surface area contributed by atoms with Gasteiger partial charge in [0.05, 0.1) is 18.7 Å². The third-order valence-corrected chi connectivity index (χ3v) is 2.58. The lowest BCUT2D eigenvalue weighted by Gasteiger charge is -2.35. The van der Waals surface area contributed by atoms with E-state index in [1.165, 1.54) is 0 Å². The monoisotopic (exact) mass is 212 g/mol. The van der Waals surface area contributed by atoms with Crippen LogP contribution in [0.4, 0.5) is 6.01 Å². The number of nitrogens with two attached hydrogens (primary N) is 1. The molecule has 1 aromatic heterocycles. The molecule has 2 heterocycles. The van der Waals surface area contributed by atoms with E-state index in [1.54, 1.807) is 0 Å². The van der Waals surface area contributed by atoms with Crippen LogP contribution in [0.2, 0.25) is 0 Å². The maximum atomic E-state index is 9.91. The van der Waals surface area contributed by atoms with Gasteiger partial charge in [-0.05, 0) is 19.8 Å². The highest BCUT2D eigenvalue weighted by molar-refractivity contribution is 5.26. The van der Waals surface area contributed by atoms with Crippen molar-refractivity contribution in [1.29, 1.82) is 0 Å². The Kier molecular flexibility index (Phi) is 2.62. The first-order chi connectivity index (χ1) is 7.11. The molecule has 1 saturated heterocycles. The number of anilines is 1. The molecule has 0 aliphatic carbocycles. The van der Waals surface area contributed by atoms with E-state index in [2.05, 4.69) is 10.2 Å². The third-order valence-electron chi connectivity index (χ3n) is 2.58. The zero-order valence-electron chi connectivity index (χ0n) is 8.81. The predicted molar refractivity (Wildman–Crippen MR) is 54.3 cm³/mol. The Morgan fingerprint density at radius 3 is 3.00 bits per heavy atom. The molecule has 3 N–H and O–H groups in total. The van der Waals surface area contributed by atoms with Crippen LogP contribution in [0.1, 0.15) is 25.7 Å². The summed E-state index contributed by atoms with van der Waals surface area (Å²) in [5.41, 5.74) is 4.71. The fourth-order valence-electron chi connectivity index (χ4n) is 1.84. The predicted octanol–water partition coefficient (Wildman–Crippen LogP) is -0.120. The molecule has 0 amide bonds. The van der Waals surface area contributed by atoms with Crippen molar-refractivity contribution in [2.45, 2.75) is 31.9 Å². The Hall–Kier alpha value is -1.14. The lowest BCUT2D eigenvalue weighted by Crippen LogP contribution is -2.46. The number of hydrogen-bond acceptors (Lipinski definition) is 6. The zero-order valence-corrected chi connectivity index (χ0v) is 8.81. The normalized spacial score (nSPS) is 27.0. The molecular weight excluding hydrogens is 196 g/mol. The maximum Gasteiger partial charge on any atom is 0.318 e. The summed E-state index contributed by atoms with van der Waals surface area (Å²) >= 11 is 0. The second kappa shape index (κ2) is 3.79. The van der Waals surface area contributed by atoms with Crippen LogP contribution in [-0.4, -0.2) is 34.0 Å². The summed E-state index contributed by atoms with van der Waals surface area (Å²) in [6.45, 7) is 3.43. The first-order valence-electron chi connectivity index (χ1n) is 5.10. The van der Waals surface area contributed by atoms with Crippen LogP contribution in [0, 0.1) is 0 Å². The number of aromatic nitrogens is 2. The Labute approximate surface area is 88.1 Å². The van der Waals surface area contributed by atoms with Crippen LogP contribution in [0.5, 0.6) is 0 Å². The van der Waals surface area contributed by atoms with E-state index in [0.29, 0.717) is 18.5 Å². The van der Waals surface area contributed by atoms with E-state index in [1.807, 2.05) is 11.8 Å². The Balaban J connectivity index is 2.10. The molecule has 1 unspecified atom stereocenters. The quantitative estimate of drug-likeness (QED) is 0.710. The van der Waals surface area contributed by atoms with Gasteiger partial charge in [-0.1, -0.05) is 5.10 Å². The summed E-state index contributed by atoms with van der Waals surface area (Å²) < 4.78 is 5.33. The number of piperidine rings is 1. The minimum Gasteiger partial charge on any atom is -0.407 e. The van der Waals surface area contributed by atoms with Gasteiger partial charge in [-0.25, -0.2) is 0 Å². The molecule has 2 rings (SSSR count). The standard InChI is InChI=1S/C9H16N4O2/c1-9(14)3-2-4-13(6-9)8-12-11-7(5-10)15-8/h14H,2-6,10H2,1H3. The van der Waals surface area contributed by atoms with Crippen molar-refractivity contribution in [1.82, 2.24) is 10.2 Å². The summed E-state index contributed by atoms with van der Waals surface area (Å²) in [6, 6.07) is 0.454. The first kappa shape index (κ1) is 10.4. The van der Waals surface area contributed by atoms with Gasteiger partial charge < -0.3 is 20.2 Å². The minimum atomic E-state index is -0.671. The molecule has 0 bridgehead atoms. The second-order valence-electron chi connectivity index (χ2n) is 4.20. The van der Waals surface area contributed by atoms with Crippen LogP contribution < -0.4 is 10.6 Å². The van der Waals surface area contributed by atoms with Crippen molar-refractivity contribution in [2.75, 3.05) is 18.0 Å². The molecule has 15 heavy (non-hydrogen) atoms. The summed E-state index contributed by atoms with van der Waals surface area (Å²) in [5, 5.41) is 17.6. The number of β-amino-alcohol motifs (C(OH)–C–C–N with tert-alkyl or cyclic N) is 1. The summed E-state index contributed by atoms with van der Waals surface area (Å²) in [5.74, 6) is 0.426. The van der Waals surface area contributed by atoms with Crippen molar-refractivity contribution in [2.24, 2.45) is 5.73 Å². The van der Waals surface area contributed by atoms with Crippen molar-refractivity contribution in [3.63, 3.8) is 0 Å². The number of nitrogens with zero attached hydrogens (tertiary/aromatic N) is 3. The van der Waals surface area contributed by atoms with E-state index in [4.69, 9.17) is 10.2 Å². The van der Waals surface area contributed by atoms with Gasteiger partial charge in [-0.15, -0.1) is 5.10 Å². The SMILES string of the molecule is CC1(O)CCCN(c2nnc(CN)o2)C1. The van der Waals surface area contributed by atoms with Gasteiger partial charge in [0.1, 0.15) is 0 Å². The van der Waals surface area contributed by atoms with E-state index in [0.717, 1.165) is 19.4 Å². The van der Waals surface area contributed by atoms with Crippen molar-refractivity contribution in [3.05, 3.63) is 5.89 Å². The number of rotatable bonds is 2. The minimum absolute atomic E-state index is 0.247. The second-order valence-corrected chi connectivity index (χ2v) is 4.20. The van der Waals surface area contributed by atoms with Crippen LogP contribution in [0.3, 0.4) is 0 Å². The average Bonchev–Trinajstić information content (AvgIpc) is 2.64. The van der Waals surface area contributed by atoms with E-state index in [9.17, 15) is 5.11 Å². The van der Waals surface area contributed by atoms with Crippen LogP contribution in [0.25, 0.3) is 0 Å². The fraction of sp³-hybridized carbons (Fsp3) is 0.778. The molecule has 1 aliphatic rings. The van der Waals surface area contributed by atoms with Crippen LogP contribution >= 0.6 is 0 Å². The topological polar surface area (TPSA) is 88.4 Å². The highest BCUT2D eigenvalue weighted by Crippen LogP contribution is 2.24. The van der Waals surface area contributed by atoms with Gasteiger partial charge >= 0.3 is 6.01 Å². The number of aliphatic hydroxyl groups is 1. The van der Waals surface area contributed by atoms with Crippen molar-refractivity contribution < 1.29 is 9.52 Å². The van der Waals surface area contributed by atoms with Gasteiger partial charge in [0, 0.05) is 6.54 Å². The molecule has 84 valence electrons. The van der Waals surface area contributed by atoms with Crippen molar-refractivity contribution >= 4 is 6.01 Å². The van der Waals surface area contributed by atoms with Gasteiger partial charge in [0.25, 0.3) is 0 Å². The van der Waals surface area contributed by atoms with Crippen LogP contribution in [-0.2, 0) is 6.54 Å². The van der Waals surface area contributed by atoms with Gasteiger partial charge in [-0.3, -0.25) is 0 Å². The highest BCUT2D eigenvalue weighted by atomic mass is 16.4. The van der Waals surface area contributed by atoms with Gasteiger partial charge in [-0.2, -0.15) is 0 Å². The zero-order chi connectivity index (χ0) is 10.9. The molecule has 0 spiro atoms. The van der Waals surface area contributed by atoms with E-state index in [-0.39, 0.29) is 6.54 Å². The summed E-state index contributed by atoms with van der Waals surface area (Å²) in [6.07, 6.45) is 1.73. The third kappa shape index (κ3) is 2.27. The van der Waals surface area contributed by atoms with Gasteiger partial charge in [0.15, 0.2) is 0 Å². The van der Waals surface area contributed by atoms with E-state index >= 15 is 0 Å². The summed E-state index contributed by atoms with van der Waals surface area (Å²) in [7, 11) is 0. The lowest BCUT2D eigenvalue weighted by atomic mass is 9.96. The molecule has 1 aliphatic heterocycles. The average molecular weight is 212 g/mol. The Morgan fingerprint density at radius 2 is 2.40 bits per heavy atom. The summed E-state index contributed by atoms with van der Waals surface area (Å²) in [4.78, 5) is 1.90. The largest absolute Gasteiger partial charge is 0.407 e. The van der Waals surface area contributed by atoms with Crippen LogP contribution in [0.15, 0.2) is 4.42 Å². The molecule has 1 fully saturated rings. The van der Waals surface area contributed by atoms with Gasteiger partial charge in [0.2, 0.25) is 5.89 Å². The molecular formula is C9H16N4O2. The van der Waals surface area contributed by atoms with Crippen molar-refractivity contribution in [3.8, 4) is 0 Å². The maximum absolute atomic E-state index is 9.91. The highest BCUT2D eigenvalue weighted by Gasteiger charge is 2.30. The lowest BCUT2D eigenvalue weighted by molar-refractivity contribution is 0.0434. The molecule has 6 nitrogen and oxygen atoms in total. The molecule has 0 radical (unpaired) electrons. The molecule has 1 aromatic rings. The number of hydrogen-bond donors (Lipinski definition) is 2. The smallest absolute Gasteiger partial charge is 0.318 e.